The number of nitrogens with zero attached hydrogens (tertiary/aromatic N) is 3. The van der Waals surface area contributed by atoms with Crippen LogP contribution < -0.4 is 10.2 Å². The molecule has 0 aliphatic carbocycles. The molecule has 6 nitrogen and oxygen atoms in total. The van der Waals surface area contributed by atoms with Crippen molar-refractivity contribution in [2.75, 3.05) is 0 Å². The molecule has 0 spiro atoms. The Bertz CT molecular complexity index is 1210. The van der Waals surface area contributed by atoms with Crippen LogP contribution in [0.2, 0.25) is 0 Å². The highest BCUT2D eigenvalue weighted by Crippen LogP contribution is 2.22. The monoisotopic (exact) mass is 395 g/mol. The second-order valence-electron chi connectivity index (χ2n) is 6.41. The summed E-state index contributed by atoms with van der Waals surface area (Å²) in [5, 5.41) is 8.43. The van der Waals surface area contributed by atoms with Gasteiger partial charge in [0, 0.05) is 30.2 Å². The van der Waals surface area contributed by atoms with E-state index in [0.717, 1.165) is 5.69 Å². The Hall–Kier alpha value is -4.32. The van der Waals surface area contributed by atoms with Crippen LogP contribution in [-0.4, -0.2) is 10.5 Å². The first-order valence-corrected chi connectivity index (χ1v) is 9.25. The van der Waals surface area contributed by atoms with Gasteiger partial charge in [0.15, 0.2) is 5.43 Å². The summed E-state index contributed by atoms with van der Waals surface area (Å²) in [7, 11) is 0. The minimum absolute atomic E-state index is 0.0301. The summed E-state index contributed by atoms with van der Waals surface area (Å²) in [5.41, 5.74) is 2.71. The Labute approximate surface area is 172 Å². The molecule has 0 N–H and O–H groups in total. The van der Waals surface area contributed by atoms with Crippen LogP contribution in [0.4, 0.5) is 11.4 Å². The Kier molecular flexibility index (Phi) is 5.57. The molecule has 0 aliphatic rings. The number of carbonyl (C=O) groups is 1. The van der Waals surface area contributed by atoms with E-state index in [4.69, 9.17) is 4.74 Å². The lowest BCUT2D eigenvalue weighted by Gasteiger charge is -2.05. The molecular formula is C24H17N3O3. The minimum atomic E-state index is -0.409. The Morgan fingerprint density at radius 1 is 0.700 bits per heavy atom. The largest absolute Gasteiger partial charge is 0.423 e. The van der Waals surface area contributed by atoms with Crippen LogP contribution in [-0.2, 0) is 0 Å². The molecule has 0 aliphatic heterocycles. The smallest absolute Gasteiger partial charge is 0.343 e. The number of pyridine rings is 1. The summed E-state index contributed by atoms with van der Waals surface area (Å²) in [6.07, 6.45) is 3.43. The van der Waals surface area contributed by atoms with E-state index in [1.807, 2.05) is 34.9 Å². The molecule has 4 aromatic rings. The summed E-state index contributed by atoms with van der Waals surface area (Å²) in [4.78, 5) is 23.3. The van der Waals surface area contributed by atoms with Gasteiger partial charge in [-0.1, -0.05) is 18.2 Å². The van der Waals surface area contributed by atoms with Crippen LogP contribution in [0.1, 0.15) is 10.4 Å². The van der Waals surface area contributed by atoms with Crippen LogP contribution >= 0.6 is 0 Å². The first-order valence-electron chi connectivity index (χ1n) is 9.25. The highest BCUT2D eigenvalue weighted by molar-refractivity contribution is 5.90. The zero-order valence-electron chi connectivity index (χ0n) is 15.9. The van der Waals surface area contributed by atoms with E-state index < -0.39 is 5.97 Å². The van der Waals surface area contributed by atoms with Gasteiger partial charge in [-0.25, -0.2) is 4.79 Å². The number of ether oxygens (including phenoxy) is 1. The number of rotatable bonds is 5. The maximum Gasteiger partial charge on any atom is 0.343 e. The maximum absolute atomic E-state index is 12.1. The van der Waals surface area contributed by atoms with E-state index in [1.165, 1.54) is 12.1 Å². The van der Waals surface area contributed by atoms with E-state index in [0.29, 0.717) is 22.7 Å². The van der Waals surface area contributed by atoms with Crippen molar-refractivity contribution in [3.63, 3.8) is 0 Å². The summed E-state index contributed by atoms with van der Waals surface area (Å²) >= 11 is 0. The number of esters is 1. The zero-order valence-corrected chi connectivity index (χ0v) is 15.9. The summed E-state index contributed by atoms with van der Waals surface area (Å²) in [5.74, 6) is 0.0288. The quantitative estimate of drug-likeness (QED) is 0.255. The lowest BCUT2D eigenvalue weighted by atomic mass is 10.2. The van der Waals surface area contributed by atoms with Crippen molar-refractivity contribution in [2.24, 2.45) is 10.2 Å². The van der Waals surface area contributed by atoms with Gasteiger partial charge in [0.2, 0.25) is 0 Å². The second-order valence-corrected chi connectivity index (χ2v) is 6.41. The molecule has 1 heterocycles. The molecule has 0 amide bonds. The normalized spacial score (nSPS) is 10.8. The van der Waals surface area contributed by atoms with E-state index in [-0.39, 0.29) is 5.43 Å². The van der Waals surface area contributed by atoms with E-state index in [9.17, 15) is 9.59 Å². The average molecular weight is 395 g/mol. The van der Waals surface area contributed by atoms with E-state index in [2.05, 4.69) is 10.2 Å². The van der Waals surface area contributed by atoms with Gasteiger partial charge < -0.3 is 9.30 Å². The Morgan fingerprint density at radius 2 is 1.27 bits per heavy atom. The highest BCUT2D eigenvalue weighted by atomic mass is 16.5. The Morgan fingerprint density at radius 3 is 1.87 bits per heavy atom. The molecule has 3 aromatic carbocycles. The third kappa shape index (κ3) is 4.74. The Balaban J connectivity index is 1.40. The van der Waals surface area contributed by atoms with E-state index >= 15 is 0 Å². The van der Waals surface area contributed by atoms with Gasteiger partial charge in [-0.05, 0) is 60.7 Å². The maximum atomic E-state index is 12.1. The minimum Gasteiger partial charge on any atom is -0.423 e. The topological polar surface area (TPSA) is 73.0 Å². The molecule has 30 heavy (non-hydrogen) atoms. The predicted octanol–water partition coefficient (Wildman–Crippen LogP) is 5.47. The molecule has 0 unspecified atom stereocenters. The SMILES string of the molecule is O=C(Oc1ccc(N=Nc2ccc(-n3ccc(=O)cc3)cc2)cc1)c1ccccc1. The third-order valence-corrected chi connectivity index (χ3v) is 4.28. The fraction of sp³-hybridized carbons (Fsp3) is 0. The number of carbonyl (C=O) groups excluding carboxylic acids is 1. The fourth-order valence-corrected chi connectivity index (χ4v) is 2.71. The van der Waals surface area contributed by atoms with Crippen molar-refractivity contribution in [1.82, 2.24) is 4.57 Å². The molecule has 6 heteroatoms. The molecule has 4 rings (SSSR count). The third-order valence-electron chi connectivity index (χ3n) is 4.28. The van der Waals surface area contributed by atoms with Crippen molar-refractivity contribution >= 4 is 17.3 Å². The van der Waals surface area contributed by atoms with Gasteiger partial charge in [0.05, 0.1) is 16.9 Å². The molecule has 0 saturated heterocycles. The first kappa shape index (κ1) is 19.0. The van der Waals surface area contributed by atoms with Gasteiger partial charge in [-0.3, -0.25) is 4.79 Å². The molecule has 146 valence electrons. The van der Waals surface area contributed by atoms with Crippen LogP contribution in [0.25, 0.3) is 5.69 Å². The lowest BCUT2D eigenvalue weighted by Crippen LogP contribution is -2.07. The van der Waals surface area contributed by atoms with Gasteiger partial charge >= 0.3 is 5.97 Å². The first-order chi connectivity index (χ1) is 14.7. The van der Waals surface area contributed by atoms with Crippen LogP contribution in [0.3, 0.4) is 0 Å². The predicted molar refractivity (Wildman–Crippen MR) is 114 cm³/mol. The van der Waals surface area contributed by atoms with Gasteiger partial charge in [0.1, 0.15) is 5.75 Å². The fourth-order valence-electron chi connectivity index (χ4n) is 2.71. The molecule has 0 saturated carbocycles. The van der Waals surface area contributed by atoms with Crippen molar-refractivity contribution in [3.05, 3.63) is 119 Å². The van der Waals surface area contributed by atoms with Crippen LogP contribution in [0.15, 0.2) is 118 Å². The van der Waals surface area contributed by atoms with Crippen LogP contribution in [0, 0.1) is 0 Å². The number of hydrogen-bond acceptors (Lipinski definition) is 5. The van der Waals surface area contributed by atoms with Gasteiger partial charge in [-0.2, -0.15) is 10.2 Å². The van der Waals surface area contributed by atoms with Crippen molar-refractivity contribution in [2.45, 2.75) is 0 Å². The molecular weight excluding hydrogens is 378 g/mol. The molecule has 1 aromatic heterocycles. The van der Waals surface area contributed by atoms with Crippen LogP contribution in [0.5, 0.6) is 5.75 Å². The molecule has 0 bridgehead atoms. The molecule has 0 atom stereocenters. The van der Waals surface area contributed by atoms with Gasteiger partial charge in [-0.15, -0.1) is 0 Å². The zero-order chi connectivity index (χ0) is 20.8. The van der Waals surface area contributed by atoms with E-state index in [1.54, 1.807) is 60.9 Å². The number of azo groups is 1. The van der Waals surface area contributed by atoms with Crippen molar-refractivity contribution < 1.29 is 9.53 Å². The molecule has 0 radical (unpaired) electrons. The van der Waals surface area contributed by atoms with Gasteiger partial charge in [0.25, 0.3) is 0 Å². The van der Waals surface area contributed by atoms with Crippen molar-refractivity contribution in [1.29, 1.82) is 0 Å². The summed E-state index contributed by atoms with van der Waals surface area (Å²) < 4.78 is 7.19. The highest BCUT2D eigenvalue weighted by Gasteiger charge is 2.07. The number of hydrogen-bond donors (Lipinski definition) is 0. The lowest BCUT2D eigenvalue weighted by molar-refractivity contribution is 0.0735. The second kappa shape index (κ2) is 8.79. The summed E-state index contributed by atoms with van der Waals surface area (Å²) in [6.45, 7) is 0. The average Bonchev–Trinajstić information content (AvgIpc) is 2.80. The number of aromatic nitrogens is 1. The molecule has 0 fully saturated rings. The summed E-state index contributed by atoms with van der Waals surface area (Å²) in [6, 6.07) is 26.1. The van der Waals surface area contributed by atoms with Crippen molar-refractivity contribution in [3.8, 4) is 11.4 Å². The number of benzene rings is 3. The standard InChI is InChI=1S/C24H17N3O3/c28-22-14-16-27(17-15-22)21-10-6-19(7-11-21)25-26-20-8-12-23(13-9-20)30-24(29)18-4-2-1-3-5-18/h1-17H.